The standard InChI is InChI=1S/C15H14ClF3N2/c1-8-4-11(14(19)7-13(8)18)15(21-20)6-9-5-10(17)2-3-12(9)16/h2-5,7,15,21H,6,20H2,1H3. The molecule has 0 aromatic heterocycles. The van der Waals surface area contributed by atoms with Gasteiger partial charge in [-0.15, -0.1) is 0 Å². The van der Waals surface area contributed by atoms with Crippen molar-refractivity contribution in [3.05, 3.63) is 69.5 Å². The third kappa shape index (κ3) is 3.56. The molecule has 0 amide bonds. The molecule has 6 heteroatoms. The maximum absolute atomic E-state index is 13.9. The molecule has 0 saturated carbocycles. The van der Waals surface area contributed by atoms with E-state index in [1.165, 1.54) is 31.2 Å². The average Bonchev–Trinajstić information content (AvgIpc) is 2.44. The van der Waals surface area contributed by atoms with E-state index >= 15 is 0 Å². The van der Waals surface area contributed by atoms with Gasteiger partial charge in [0.2, 0.25) is 0 Å². The Morgan fingerprint density at radius 2 is 1.86 bits per heavy atom. The maximum atomic E-state index is 13.9. The number of nitrogens with one attached hydrogen (secondary N) is 1. The molecule has 112 valence electrons. The van der Waals surface area contributed by atoms with E-state index in [0.717, 1.165) is 6.07 Å². The Hall–Kier alpha value is -1.56. The molecule has 2 aromatic rings. The highest BCUT2D eigenvalue weighted by molar-refractivity contribution is 6.31. The SMILES string of the molecule is Cc1cc(C(Cc2cc(F)ccc2Cl)NN)c(F)cc1F. The molecule has 2 nitrogen and oxygen atoms in total. The zero-order valence-electron chi connectivity index (χ0n) is 11.3. The number of rotatable bonds is 4. The number of hydrazine groups is 1. The van der Waals surface area contributed by atoms with Crippen LogP contribution in [0.3, 0.4) is 0 Å². The lowest BCUT2D eigenvalue weighted by Gasteiger charge is -2.18. The fraction of sp³-hybridized carbons (Fsp3) is 0.200. The summed E-state index contributed by atoms with van der Waals surface area (Å²) in [6, 6.07) is 5.46. The van der Waals surface area contributed by atoms with Gasteiger partial charge in [-0.1, -0.05) is 11.6 Å². The minimum atomic E-state index is -0.714. The van der Waals surface area contributed by atoms with Crippen molar-refractivity contribution in [1.29, 1.82) is 0 Å². The predicted octanol–water partition coefficient (Wildman–Crippen LogP) is 3.81. The van der Waals surface area contributed by atoms with Crippen LogP contribution in [0.4, 0.5) is 13.2 Å². The van der Waals surface area contributed by atoms with E-state index in [9.17, 15) is 13.2 Å². The Morgan fingerprint density at radius 1 is 1.14 bits per heavy atom. The summed E-state index contributed by atoms with van der Waals surface area (Å²) >= 11 is 5.99. The molecule has 0 aliphatic rings. The summed E-state index contributed by atoms with van der Waals surface area (Å²) < 4.78 is 40.5. The van der Waals surface area contributed by atoms with Crippen molar-refractivity contribution >= 4 is 11.6 Å². The summed E-state index contributed by atoms with van der Waals surface area (Å²) in [4.78, 5) is 0. The number of nitrogens with two attached hydrogens (primary N) is 1. The zero-order chi connectivity index (χ0) is 15.6. The summed E-state index contributed by atoms with van der Waals surface area (Å²) in [5.41, 5.74) is 3.45. The van der Waals surface area contributed by atoms with E-state index in [4.69, 9.17) is 17.4 Å². The van der Waals surface area contributed by atoms with E-state index in [0.29, 0.717) is 16.1 Å². The number of aryl methyl sites for hydroxylation is 1. The first-order valence-electron chi connectivity index (χ1n) is 6.28. The highest BCUT2D eigenvalue weighted by Gasteiger charge is 2.18. The zero-order valence-corrected chi connectivity index (χ0v) is 12.0. The van der Waals surface area contributed by atoms with Gasteiger partial charge in [-0.2, -0.15) is 0 Å². The van der Waals surface area contributed by atoms with Gasteiger partial charge in [0.1, 0.15) is 17.5 Å². The molecule has 0 radical (unpaired) electrons. The monoisotopic (exact) mass is 314 g/mol. The molecule has 0 fully saturated rings. The van der Waals surface area contributed by atoms with Crippen LogP contribution in [0.5, 0.6) is 0 Å². The van der Waals surface area contributed by atoms with Gasteiger partial charge in [-0.3, -0.25) is 11.3 Å². The number of hydrogen-bond donors (Lipinski definition) is 2. The normalized spacial score (nSPS) is 12.5. The molecule has 1 atom stereocenters. The summed E-state index contributed by atoms with van der Waals surface area (Å²) in [5.74, 6) is 3.66. The predicted molar refractivity (Wildman–Crippen MR) is 76.3 cm³/mol. The molecule has 2 rings (SSSR count). The van der Waals surface area contributed by atoms with Crippen molar-refractivity contribution < 1.29 is 13.2 Å². The van der Waals surface area contributed by atoms with Crippen LogP contribution in [0.1, 0.15) is 22.7 Å². The van der Waals surface area contributed by atoms with Crippen LogP contribution in [0, 0.1) is 24.4 Å². The molecule has 0 bridgehead atoms. The molecule has 0 spiro atoms. The van der Waals surface area contributed by atoms with Gasteiger partial charge in [0.15, 0.2) is 0 Å². The first-order valence-corrected chi connectivity index (χ1v) is 6.65. The Balaban J connectivity index is 2.36. The van der Waals surface area contributed by atoms with Gasteiger partial charge < -0.3 is 0 Å². The van der Waals surface area contributed by atoms with Crippen LogP contribution in [0.25, 0.3) is 0 Å². The van der Waals surface area contributed by atoms with E-state index in [1.54, 1.807) is 0 Å². The highest BCUT2D eigenvalue weighted by atomic mass is 35.5. The fourth-order valence-electron chi connectivity index (χ4n) is 2.12. The van der Waals surface area contributed by atoms with Crippen molar-refractivity contribution in [2.45, 2.75) is 19.4 Å². The number of hydrogen-bond acceptors (Lipinski definition) is 2. The molecule has 0 heterocycles. The average molecular weight is 315 g/mol. The number of benzene rings is 2. The van der Waals surface area contributed by atoms with Gasteiger partial charge in [-0.25, -0.2) is 13.2 Å². The second-order valence-electron chi connectivity index (χ2n) is 4.78. The minimum absolute atomic E-state index is 0.176. The lowest BCUT2D eigenvalue weighted by Crippen LogP contribution is -2.30. The van der Waals surface area contributed by atoms with Gasteiger partial charge in [0.25, 0.3) is 0 Å². The van der Waals surface area contributed by atoms with Crippen molar-refractivity contribution in [2.24, 2.45) is 5.84 Å². The van der Waals surface area contributed by atoms with Crippen LogP contribution < -0.4 is 11.3 Å². The van der Waals surface area contributed by atoms with Crippen molar-refractivity contribution in [3.8, 4) is 0 Å². The fourth-order valence-corrected chi connectivity index (χ4v) is 2.32. The van der Waals surface area contributed by atoms with Gasteiger partial charge in [-0.05, 0) is 48.7 Å². The lowest BCUT2D eigenvalue weighted by molar-refractivity contribution is 0.499. The van der Waals surface area contributed by atoms with E-state index < -0.39 is 23.5 Å². The summed E-state index contributed by atoms with van der Waals surface area (Å²) in [6.07, 6.45) is 0.176. The second kappa shape index (κ2) is 6.47. The Kier molecular flexibility index (Phi) is 4.88. The van der Waals surface area contributed by atoms with Crippen molar-refractivity contribution in [3.63, 3.8) is 0 Å². The quantitative estimate of drug-likeness (QED) is 0.665. The van der Waals surface area contributed by atoms with Crippen LogP contribution in [-0.4, -0.2) is 0 Å². The van der Waals surface area contributed by atoms with E-state index in [1.807, 2.05) is 0 Å². The smallest absolute Gasteiger partial charge is 0.130 e. The third-order valence-corrected chi connectivity index (χ3v) is 3.66. The topological polar surface area (TPSA) is 38.0 Å². The Morgan fingerprint density at radius 3 is 2.52 bits per heavy atom. The van der Waals surface area contributed by atoms with Crippen LogP contribution in [-0.2, 0) is 6.42 Å². The van der Waals surface area contributed by atoms with Gasteiger partial charge >= 0.3 is 0 Å². The maximum Gasteiger partial charge on any atom is 0.130 e. The molecule has 0 aliphatic carbocycles. The third-order valence-electron chi connectivity index (χ3n) is 3.29. The van der Waals surface area contributed by atoms with Crippen molar-refractivity contribution in [1.82, 2.24) is 5.43 Å². The Bertz CT molecular complexity index is 662. The van der Waals surface area contributed by atoms with Crippen LogP contribution >= 0.6 is 11.6 Å². The second-order valence-corrected chi connectivity index (χ2v) is 5.19. The Labute approximate surface area is 125 Å². The summed E-state index contributed by atoms with van der Waals surface area (Å²) in [6.45, 7) is 1.53. The molecule has 2 aromatic carbocycles. The summed E-state index contributed by atoms with van der Waals surface area (Å²) in [5, 5.41) is 0.357. The molecule has 0 aliphatic heterocycles. The van der Waals surface area contributed by atoms with Crippen molar-refractivity contribution in [2.75, 3.05) is 0 Å². The van der Waals surface area contributed by atoms with Crippen LogP contribution in [0.15, 0.2) is 30.3 Å². The molecular weight excluding hydrogens is 301 g/mol. The molecule has 3 N–H and O–H groups in total. The van der Waals surface area contributed by atoms with E-state index in [2.05, 4.69) is 5.43 Å². The summed E-state index contributed by atoms with van der Waals surface area (Å²) in [7, 11) is 0. The molecule has 1 unspecified atom stereocenters. The molecule has 0 saturated heterocycles. The van der Waals surface area contributed by atoms with Crippen LogP contribution in [0.2, 0.25) is 5.02 Å². The number of halogens is 4. The van der Waals surface area contributed by atoms with Gasteiger partial charge in [0.05, 0.1) is 6.04 Å². The minimum Gasteiger partial charge on any atom is -0.271 e. The van der Waals surface area contributed by atoms with E-state index in [-0.39, 0.29) is 12.0 Å². The first kappa shape index (κ1) is 15.8. The molecular formula is C15H14ClF3N2. The first-order chi connectivity index (χ1) is 9.92. The largest absolute Gasteiger partial charge is 0.271 e. The lowest BCUT2D eigenvalue weighted by atomic mass is 9.97. The highest BCUT2D eigenvalue weighted by Crippen LogP contribution is 2.27. The molecule has 21 heavy (non-hydrogen) atoms. The van der Waals surface area contributed by atoms with Gasteiger partial charge in [0, 0.05) is 16.7 Å².